The monoisotopic (exact) mass is 1480 g/mol. The van der Waals surface area contributed by atoms with Gasteiger partial charge >= 0.3 is 7.82 Å². The number of amides is 8. The molecule has 17 N–H and O–H groups in total. The van der Waals surface area contributed by atoms with E-state index < -0.39 is 167 Å². The minimum atomic E-state index is -5.06. The number of aliphatic hydroxyl groups excluding tert-OH is 2. The van der Waals surface area contributed by atoms with Gasteiger partial charge in [-0.05, 0) is 141 Å². The van der Waals surface area contributed by atoms with E-state index in [9.17, 15) is 58.0 Å². The number of ether oxygens (including phenoxy) is 1. The molecular formula is C71H98CoN14O15P-5. The molecule has 0 spiro atoms. The number of imidazole rings is 1. The smallest absolute Gasteiger partial charge is 0.472 e. The van der Waals surface area contributed by atoms with E-state index in [1.807, 2.05) is 93.5 Å². The van der Waals surface area contributed by atoms with Crippen molar-refractivity contribution in [3.63, 3.8) is 0 Å². The van der Waals surface area contributed by atoms with Crippen LogP contribution < -0.4 is 54.6 Å². The van der Waals surface area contributed by atoms with Gasteiger partial charge in [0, 0.05) is 74.0 Å². The van der Waals surface area contributed by atoms with E-state index in [1.54, 1.807) is 34.8 Å². The molecule has 561 valence electrons. The van der Waals surface area contributed by atoms with Gasteiger partial charge in [0.15, 0.2) is 6.23 Å². The third-order valence-corrected chi connectivity index (χ3v) is 23.5. The molecule has 8 amide bonds. The van der Waals surface area contributed by atoms with Crippen molar-refractivity contribution in [1.29, 1.82) is 0 Å². The van der Waals surface area contributed by atoms with E-state index in [4.69, 9.17) is 75.9 Å². The molecule has 5 fully saturated rings. The summed E-state index contributed by atoms with van der Waals surface area (Å²) in [5.74, 6) is -5.73. The second kappa shape index (κ2) is 32.2. The largest absolute Gasteiger partial charge is 0.685 e. The molecule has 3 unspecified atom stereocenters. The number of primary amides is 6. The van der Waals surface area contributed by atoms with Gasteiger partial charge in [-0.1, -0.05) is 59.7 Å². The van der Waals surface area contributed by atoms with Crippen molar-refractivity contribution in [3.05, 3.63) is 122 Å². The minimum Gasteiger partial charge on any atom is -0.685 e. The van der Waals surface area contributed by atoms with Gasteiger partial charge < -0.3 is 102 Å². The van der Waals surface area contributed by atoms with Crippen LogP contribution in [0.25, 0.3) is 32.3 Å². The van der Waals surface area contributed by atoms with E-state index in [2.05, 4.69) is 15.6 Å². The molecule has 0 aliphatic carbocycles. The third-order valence-electron chi connectivity index (χ3n) is 22.4. The summed E-state index contributed by atoms with van der Waals surface area (Å²) in [6.07, 6.45) is 2.51. The number of nitrogens with one attached hydrogen (secondary N) is 2. The zero-order valence-electron chi connectivity index (χ0n) is 59.6. The summed E-state index contributed by atoms with van der Waals surface area (Å²) < 4.78 is 32.3. The molecule has 18 atom stereocenters. The first-order chi connectivity index (χ1) is 47.2. The number of allylic oxidation sites excluding steroid dienone is 3. The van der Waals surface area contributed by atoms with E-state index in [1.165, 1.54) is 13.3 Å². The number of rotatable bonds is 27. The Morgan fingerprint density at radius 1 is 0.775 bits per heavy atom. The molecule has 9 rings (SSSR count). The van der Waals surface area contributed by atoms with Crippen molar-refractivity contribution >= 4 is 71.8 Å². The quantitative estimate of drug-likeness (QED) is 0.0204. The SMILES string of the molecule is C/C1=C2/[N-]/C(=C\C3[N-][C@@H](/C(C)=C4\[N-][C@H]([C@H](CC(N)=O)[C@@]4(C)CCC(=O)NC[C@@H](C)OP(=O)(O)O[C@H]4[C@@H](O)[C@@H]([n+]5c[n-]c6cc(C)c(C)cc65)O[C@@H]4CO)[C@]4(C)[N-]C1[C@@H](CCC(N)=O)[C@]4(C)CC(N)=O)[C@@H](CCC(N)=O)C3(C)C)[C@@H](CCC(N)=O)[C@]2(C)CC(N)=O.[C-]#CC(=O)Nc1ccccc1.[Co]. The standard InChI is InChI=1S/C62H92N13O14P.C9H6NO.Co/c1-29-20-39-40(21-30(29)2)75(28-70-39)57-52(84)53(41(27-76)87-57)89-90(85,86)88-31(3)26-69-49(83)18-19-59(8)37(22-46(66)80)56-62(11)61(10,25-48(68)82)36(14-17-45(65)79)51(74-62)33(5)55-60(9,24-47(67)81)34(12-15-43(63)77)38(71-55)23-42-58(6,7)35(13-16-44(64)78)50(72-42)32(4)54(59)73-56;1-2-9(11)10-8-6-4-3-5-7-8;/h20-21,23,28,31,34-37,41-42,50-53,56-57,76,84H,12-19,22,24-27H2,1-11H3,(H14,63,64,65,66,67,68,69,77,78,79,80,81,82,83,85,86);3-7H,(H,10,11);/q-4;-1;/b38-23-,54-32-,55-33-;;/t31-,34-,35-,36-,37+,41-,42?,50+,51?,52-,53-,56-,57+,59-,60+,61+,62+;;/m1../s1. The number of aliphatic hydroxyl groups is 2. The molecule has 7 heterocycles. The van der Waals surface area contributed by atoms with Gasteiger partial charge in [-0.2, -0.15) is 17.1 Å². The predicted molar refractivity (Wildman–Crippen MR) is 373 cm³/mol. The van der Waals surface area contributed by atoms with Gasteiger partial charge in [0.05, 0.1) is 30.1 Å². The molecule has 6 aliphatic heterocycles. The molecule has 8 bridgehead atoms. The van der Waals surface area contributed by atoms with Crippen LogP contribution in [0.5, 0.6) is 0 Å². The summed E-state index contributed by atoms with van der Waals surface area (Å²) in [5, 5.41) is 49.4. The second-order valence-electron chi connectivity index (χ2n) is 29.5. The number of aromatic nitrogens is 2. The van der Waals surface area contributed by atoms with Gasteiger partial charge in [-0.25, -0.2) is 15.5 Å². The van der Waals surface area contributed by atoms with Gasteiger partial charge in [0.2, 0.25) is 41.4 Å². The van der Waals surface area contributed by atoms with Crippen LogP contribution in [-0.4, -0.2) is 130 Å². The maximum Gasteiger partial charge on any atom is 0.472 e. The fourth-order valence-corrected chi connectivity index (χ4v) is 17.9. The van der Waals surface area contributed by atoms with Crippen molar-refractivity contribution in [3.8, 4) is 5.92 Å². The van der Waals surface area contributed by atoms with Crippen LogP contribution in [0.3, 0.4) is 0 Å². The molecule has 1 aromatic heterocycles. The number of fused-ring (bicyclic) bond motifs is 10. The van der Waals surface area contributed by atoms with E-state index in [0.29, 0.717) is 45.0 Å². The van der Waals surface area contributed by atoms with Crippen LogP contribution in [0.4, 0.5) is 5.69 Å². The van der Waals surface area contributed by atoms with Crippen molar-refractivity contribution in [2.45, 2.75) is 207 Å². The normalized spacial score (nSPS) is 33.4. The number of aryl methyl sites for hydroxylation is 2. The van der Waals surface area contributed by atoms with Crippen LogP contribution in [-0.2, 0) is 73.5 Å². The van der Waals surface area contributed by atoms with Crippen LogP contribution >= 0.6 is 7.82 Å². The Balaban J connectivity index is 0.00000111. The maximum absolute atomic E-state index is 14.4. The average molecular weight is 1480 g/mol. The number of carbonyl (C=O) groups excluding carboxylic acids is 8. The zero-order valence-corrected chi connectivity index (χ0v) is 61.5. The molecule has 6 aliphatic rings. The first-order valence-electron chi connectivity index (χ1n) is 34.0. The third kappa shape index (κ3) is 17.0. The molecule has 0 saturated carbocycles. The number of phosphoric acid groups is 1. The van der Waals surface area contributed by atoms with Crippen LogP contribution in [0, 0.1) is 71.5 Å². The number of nitrogens with two attached hydrogens (primary N) is 6. The number of nitrogens with zero attached hydrogens (tertiary/aromatic N) is 6. The molecule has 29 nitrogen and oxygen atoms in total. The summed E-state index contributed by atoms with van der Waals surface area (Å²) in [6.45, 7) is 19.5. The number of benzene rings is 2. The number of para-hydroxylation sites is 1. The Morgan fingerprint density at radius 3 is 1.96 bits per heavy atom. The first kappa shape index (κ1) is 81.8. The average Bonchev–Trinajstić information content (AvgIpc) is 1.53. The van der Waals surface area contributed by atoms with Gasteiger partial charge in [0.25, 0.3) is 0 Å². The van der Waals surface area contributed by atoms with Crippen LogP contribution in [0.1, 0.15) is 150 Å². The van der Waals surface area contributed by atoms with Crippen molar-refractivity contribution < 1.29 is 93.2 Å². The van der Waals surface area contributed by atoms with Gasteiger partial charge in [-0.15, -0.1) is 46.9 Å². The Labute approximate surface area is 605 Å². The minimum absolute atomic E-state index is 0. The first-order valence-corrected chi connectivity index (χ1v) is 35.5. The van der Waals surface area contributed by atoms with Crippen molar-refractivity contribution in [2.24, 2.45) is 79.7 Å². The van der Waals surface area contributed by atoms with E-state index in [0.717, 1.165) is 11.1 Å². The second-order valence-corrected chi connectivity index (χ2v) is 30.9. The number of anilines is 1. The van der Waals surface area contributed by atoms with E-state index in [-0.39, 0.29) is 94.0 Å². The topological polar surface area (TPSA) is 497 Å². The number of carbonyl (C=O) groups is 8. The Hall–Kier alpha value is -7.53. The number of hydrogen-bond donors (Lipinski definition) is 11. The van der Waals surface area contributed by atoms with E-state index >= 15 is 0 Å². The summed E-state index contributed by atoms with van der Waals surface area (Å²) in [6, 6.07) is 9.48. The molecular weight excluding hydrogens is 1380 g/mol. The van der Waals surface area contributed by atoms with Crippen molar-refractivity contribution in [1.82, 2.24) is 10.3 Å². The molecule has 102 heavy (non-hydrogen) atoms. The molecule has 5 saturated heterocycles. The van der Waals surface area contributed by atoms with Gasteiger partial charge in [0.1, 0.15) is 24.2 Å². The van der Waals surface area contributed by atoms with Crippen molar-refractivity contribution in [2.75, 3.05) is 18.5 Å². The molecule has 31 heteroatoms. The number of phosphoric ester groups is 1. The Kier molecular flexibility index (Phi) is 25.8. The molecule has 2 aromatic carbocycles. The van der Waals surface area contributed by atoms with Crippen LogP contribution in [0.2, 0.25) is 0 Å². The predicted octanol–water partition coefficient (Wildman–Crippen LogP) is 5.11. The number of hydrogen-bond acceptors (Lipinski definition) is 14. The van der Waals surface area contributed by atoms with Gasteiger partial charge in [-0.3, -0.25) is 42.6 Å². The summed E-state index contributed by atoms with van der Waals surface area (Å²) in [4.78, 5) is 120. The molecule has 1 radical (unpaired) electrons. The fraction of sp³-hybridized carbons (Fsp3) is 0.592. The summed E-state index contributed by atoms with van der Waals surface area (Å²) in [7, 11) is -5.06. The zero-order chi connectivity index (χ0) is 74.8. The fourth-order valence-electron chi connectivity index (χ4n) is 16.8. The maximum atomic E-state index is 14.4. The molecule has 3 aromatic rings. The van der Waals surface area contributed by atoms with Crippen LogP contribution in [0.15, 0.2) is 83.1 Å². The summed E-state index contributed by atoms with van der Waals surface area (Å²) >= 11 is 0. The summed E-state index contributed by atoms with van der Waals surface area (Å²) in [5.41, 5.74) is 36.8. The Morgan fingerprint density at radius 2 is 1.37 bits per heavy atom. The Bertz CT molecular complexity index is 3900.